The molecule has 0 aliphatic heterocycles. The van der Waals surface area contributed by atoms with E-state index in [9.17, 15) is 9.18 Å². The highest BCUT2D eigenvalue weighted by Crippen LogP contribution is 2.19. The van der Waals surface area contributed by atoms with E-state index in [-0.39, 0.29) is 5.88 Å². The monoisotopic (exact) mass is 200 g/mol. The Morgan fingerprint density at radius 1 is 1.82 bits per heavy atom. The first-order valence-corrected chi connectivity index (χ1v) is 3.63. The number of ether oxygens (including phenoxy) is 1. The lowest BCUT2D eigenvalue weighted by molar-refractivity contribution is -0.146. The minimum absolute atomic E-state index is 0.117. The maximum Gasteiger partial charge on any atom is 0.368 e. The van der Waals surface area contributed by atoms with Crippen LogP contribution in [0.15, 0.2) is 12.4 Å². The molecular weight excluding hydrogens is 194 g/mol. The van der Waals surface area contributed by atoms with Crippen LogP contribution >= 0.6 is 23.2 Å². The second kappa shape index (κ2) is 3.93. The van der Waals surface area contributed by atoms with Crippen LogP contribution < -0.4 is 0 Å². The molecule has 0 saturated heterocycles. The third-order valence-electron chi connectivity index (χ3n) is 0.766. The summed E-state index contributed by atoms with van der Waals surface area (Å²) in [6.07, 6.45) is 0. The number of hydrogen-bond donors (Lipinski definition) is 0. The number of alkyl halides is 2. The quantitative estimate of drug-likeness (QED) is 0.397. The molecule has 0 aromatic rings. The molecule has 64 valence electrons. The highest BCUT2D eigenvalue weighted by molar-refractivity contribution is 6.30. The fourth-order valence-electron chi connectivity index (χ4n) is 0.276. The van der Waals surface area contributed by atoms with Crippen molar-refractivity contribution in [3.8, 4) is 0 Å². The van der Waals surface area contributed by atoms with Gasteiger partial charge in [0.1, 0.15) is 0 Å². The van der Waals surface area contributed by atoms with Crippen molar-refractivity contribution in [1.82, 2.24) is 0 Å². The van der Waals surface area contributed by atoms with Crippen molar-refractivity contribution >= 4 is 29.2 Å². The summed E-state index contributed by atoms with van der Waals surface area (Å²) in [5.41, 5.74) is 0. The molecule has 2 nitrogen and oxygen atoms in total. The molecule has 1 unspecified atom stereocenters. The van der Waals surface area contributed by atoms with Crippen molar-refractivity contribution in [2.75, 3.05) is 5.88 Å². The first-order valence-electron chi connectivity index (χ1n) is 2.71. The fourth-order valence-corrected chi connectivity index (χ4v) is 0.401. The van der Waals surface area contributed by atoms with Crippen molar-refractivity contribution in [2.45, 2.75) is 12.0 Å². The predicted molar refractivity (Wildman–Crippen MR) is 41.3 cm³/mol. The summed E-state index contributed by atoms with van der Waals surface area (Å²) in [7, 11) is 0. The van der Waals surface area contributed by atoms with E-state index < -0.39 is 16.9 Å². The lowest BCUT2D eigenvalue weighted by Crippen LogP contribution is -2.27. The summed E-state index contributed by atoms with van der Waals surface area (Å²) in [6.45, 7) is 4.08. The molecule has 0 aliphatic carbocycles. The topological polar surface area (TPSA) is 26.3 Å². The summed E-state index contributed by atoms with van der Waals surface area (Å²) < 4.78 is 16.4. The van der Waals surface area contributed by atoms with Crippen LogP contribution in [0.1, 0.15) is 6.92 Å². The van der Waals surface area contributed by atoms with Crippen LogP contribution in [0.5, 0.6) is 0 Å². The standard InChI is InChI=1S/C6H7Cl2FO2/c1-4(9)5(10)11-6(2,8)3-7/h1,3H2,2H3. The third kappa shape index (κ3) is 4.22. The van der Waals surface area contributed by atoms with Crippen LogP contribution in [-0.4, -0.2) is 16.9 Å². The van der Waals surface area contributed by atoms with E-state index in [2.05, 4.69) is 11.3 Å². The molecule has 0 radical (unpaired) electrons. The molecule has 5 heteroatoms. The number of carbonyl (C=O) groups excluding carboxylic acids is 1. The zero-order chi connectivity index (χ0) is 9.07. The molecule has 11 heavy (non-hydrogen) atoms. The van der Waals surface area contributed by atoms with E-state index in [0.29, 0.717) is 0 Å². The molecule has 0 fully saturated rings. The number of carbonyl (C=O) groups is 1. The molecule has 0 spiro atoms. The van der Waals surface area contributed by atoms with Gasteiger partial charge in [0.2, 0.25) is 5.83 Å². The lowest BCUT2D eigenvalue weighted by atomic mass is 10.4. The molecule has 0 aliphatic rings. The average Bonchev–Trinajstić information content (AvgIpc) is 1.87. The minimum Gasteiger partial charge on any atom is -0.437 e. The highest BCUT2D eigenvalue weighted by atomic mass is 35.5. The number of hydrogen-bond acceptors (Lipinski definition) is 2. The van der Waals surface area contributed by atoms with Crippen LogP contribution in [0.2, 0.25) is 0 Å². The Labute approximate surface area is 73.9 Å². The molecule has 0 N–H and O–H groups in total. The van der Waals surface area contributed by atoms with Gasteiger partial charge in [-0.1, -0.05) is 18.2 Å². The SMILES string of the molecule is C=C(F)C(=O)OC(C)(Cl)CCl. The molecule has 0 rings (SSSR count). The maximum atomic E-state index is 12.0. The average molecular weight is 201 g/mol. The van der Waals surface area contributed by atoms with Gasteiger partial charge in [-0.15, -0.1) is 11.6 Å². The summed E-state index contributed by atoms with van der Waals surface area (Å²) in [4.78, 5) is 10.5. The summed E-state index contributed by atoms with van der Waals surface area (Å²) in [6, 6.07) is 0. The Morgan fingerprint density at radius 2 is 2.27 bits per heavy atom. The third-order valence-corrected chi connectivity index (χ3v) is 1.62. The van der Waals surface area contributed by atoms with E-state index in [4.69, 9.17) is 23.2 Å². The number of halogens is 3. The highest BCUT2D eigenvalue weighted by Gasteiger charge is 2.25. The zero-order valence-corrected chi connectivity index (χ0v) is 7.38. The Bertz CT molecular complexity index is 179. The van der Waals surface area contributed by atoms with Gasteiger partial charge in [-0.2, -0.15) is 4.39 Å². The van der Waals surface area contributed by atoms with Gasteiger partial charge in [0.25, 0.3) is 0 Å². The summed E-state index contributed by atoms with van der Waals surface area (Å²) >= 11 is 10.8. The van der Waals surface area contributed by atoms with E-state index in [1.165, 1.54) is 6.92 Å². The second-order valence-corrected chi connectivity index (χ2v) is 3.10. The van der Waals surface area contributed by atoms with Crippen LogP contribution in [0.25, 0.3) is 0 Å². The largest absolute Gasteiger partial charge is 0.437 e. The lowest BCUT2D eigenvalue weighted by Gasteiger charge is -2.18. The Morgan fingerprint density at radius 3 is 2.55 bits per heavy atom. The predicted octanol–water partition coefficient (Wildman–Crippen LogP) is 2.21. The first kappa shape index (κ1) is 10.7. The normalized spacial score (nSPS) is 15.3. The van der Waals surface area contributed by atoms with Gasteiger partial charge in [-0.05, 0) is 6.92 Å². The Hall–Kier alpha value is -0.280. The second-order valence-electron chi connectivity index (χ2n) is 2.03. The fraction of sp³-hybridized carbons (Fsp3) is 0.500. The maximum absolute atomic E-state index is 12.0. The van der Waals surface area contributed by atoms with Crippen molar-refractivity contribution in [1.29, 1.82) is 0 Å². The Balaban J connectivity index is 4.04. The van der Waals surface area contributed by atoms with Gasteiger partial charge < -0.3 is 4.74 Å². The summed E-state index contributed by atoms with van der Waals surface area (Å²) in [5, 5.41) is -1.37. The van der Waals surface area contributed by atoms with Crippen molar-refractivity contribution in [2.24, 2.45) is 0 Å². The van der Waals surface area contributed by atoms with Crippen LogP contribution in [0.4, 0.5) is 4.39 Å². The molecule has 0 aromatic heterocycles. The van der Waals surface area contributed by atoms with Crippen molar-refractivity contribution in [3.05, 3.63) is 12.4 Å². The molecular formula is C6H7Cl2FO2. The molecule has 0 amide bonds. The number of rotatable bonds is 3. The first-order chi connectivity index (χ1) is 4.89. The van der Waals surface area contributed by atoms with Crippen LogP contribution in [0.3, 0.4) is 0 Å². The smallest absolute Gasteiger partial charge is 0.368 e. The zero-order valence-electron chi connectivity index (χ0n) is 5.86. The molecule has 1 atom stereocenters. The van der Waals surface area contributed by atoms with E-state index in [0.717, 1.165) is 0 Å². The molecule has 0 heterocycles. The van der Waals surface area contributed by atoms with Crippen molar-refractivity contribution in [3.63, 3.8) is 0 Å². The number of esters is 1. The molecule has 0 aromatic carbocycles. The van der Waals surface area contributed by atoms with E-state index in [1.54, 1.807) is 0 Å². The van der Waals surface area contributed by atoms with Gasteiger partial charge >= 0.3 is 5.97 Å². The summed E-state index contributed by atoms with van der Waals surface area (Å²) in [5.74, 6) is -2.50. The van der Waals surface area contributed by atoms with Gasteiger partial charge in [-0.25, -0.2) is 4.79 Å². The van der Waals surface area contributed by atoms with Gasteiger partial charge in [0.05, 0.1) is 5.88 Å². The molecule has 0 saturated carbocycles. The van der Waals surface area contributed by atoms with Gasteiger partial charge in [0, 0.05) is 0 Å². The van der Waals surface area contributed by atoms with E-state index in [1.807, 2.05) is 0 Å². The van der Waals surface area contributed by atoms with Crippen LogP contribution in [-0.2, 0) is 9.53 Å². The Kier molecular flexibility index (Phi) is 3.83. The minimum atomic E-state index is -1.37. The van der Waals surface area contributed by atoms with E-state index >= 15 is 0 Å². The van der Waals surface area contributed by atoms with Gasteiger partial charge in [-0.3, -0.25) is 0 Å². The van der Waals surface area contributed by atoms with Crippen molar-refractivity contribution < 1.29 is 13.9 Å². The van der Waals surface area contributed by atoms with Gasteiger partial charge in [0.15, 0.2) is 5.06 Å². The molecule has 0 bridgehead atoms. The van der Waals surface area contributed by atoms with Crippen LogP contribution in [0, 0.1) is 0 Å².